The summed E-state index contributed by atoms with van der Waals surface area (Å²) in [5.41, 5.74) is 6.46. The molecule has 1 amide bonds. The molecule has 1 aromatic carbocycles. The van der Waals surface area contributed by atoms with Crippen molar-refractivity contribution in [3.8, 4) is 0 Å². The number of hydrogen-bond donors (Lipinski definition) is 1. The molecule has 0 saturated carbocycles. The highest BCUT2D eigenvalue weighted by Gasteiger charge is 2.28. The fourth-order valence-corrected chi connectivity index (χ4v) is 2.56. The van der Waals surface area contributed by atoms with Crippen LogP contribution in [0.3, 0.4) is 0 Å². The van der Waals surface area contributed by atoms with Crippen molar-refractivity contribution in [3.05, 3.63) is 35.6 Å². The van der Waals surface area contributed by atoms with E-state index < -0.39 is 0 Å². The molecule has 2 N–H and O–H groups in total. The average Bonchev–Trinajstić information content (AvgIpc) is 2.97. The number of nitrogens with two attached hydrogens (primary N) is 1. The van der Waals surface area contributed by atoms with Crippen molar-refractivity contribution in [2.75, 3.05) is 19.7 Å². The fraction of sp³-hybridized carbons (Fsp3) is 0.562. The molecule has 5 nitrogen and oxygen atoms in total. The molecular weight excluding hydrogens is 287 g/mol. The van der Waals surface area contributed by atoms with Gasteiger partial charge in [0.25, 0.3) is 0 Å². The van der Waals surface area contributed by atoms with Crippen LogP contribution in [-0.2, 0) is 16.0 Å². The fourth-order valence-electron chi connectivity index (χ4n) is 2.56. The summed E-state index contributed by atoms with van der Waals surface area (Å²) < 4.78 is 23.9. The molecule has 0 spiro atoms. The minimum atomic E-state index is -0.383. The van der Waals surface area contributed by atoms with Gasteiger partial charge in [-0.25, -0.2) is 9.18 Å². The highest BCUT2D eigenvalue weighted by atomic mass is 19.1. The second-order valence-corrected chi connectivity index (χ2v) is 5.40. The highest BCUT2D eigenvalue weighted by molar-refractivity contribution is 5.67. The van der Waals surface area contributed by atoms with Gasteiger partial charge in [-0.15, -0.1) is 0 Å². The maximum atomic E-state index is 13.0. The van der Waals surface area contributed by atoms with E-state index in [1.54, 1.807) is 24.0 Å². The first-order chi connectivity index (χ1) is 10.6. The quantitative estimate of drug-likeness (QED) is 0.875. The Kier molecular flexibility index (Phi) is 6.15. The van der Waals surface area contributed by atoms with Gasteiger partial charge in [0.15, 0.2) is 0 Å². The Balaban J connectivity index is 1.99. The molecule has 22 heavy (non-hydrogen) atoms. The summed E-state index contributed by atoms with van der Waals surface area (Å²) >= 11 is 0. The summed E-state index contributed by atoms with van der Waals surface area (Å²) in [5, 5.41) is 0. The Morgan fingerprint density at radius 3 is 2.64 bits per heavy atom. The average molecular weight is 310 g/mol. The molecule has 1 aromatic rings. The van der Waals surface area contributed by atoms with Crippen molar-refractivity contribution in [2.45, 2.75) is 38.5 Å². The summed E-state index contributed by atoms with van der Waals surface area (Å²) in [7, 11) is 0. The van der Waals surface area contributed by atoms with E-state index in [9.17, 15) is 9.18 Å². The highest BCUT2D eigenvalue weighted by Crippen LogP contribution is 2.21. The standard InChI is InChI=1S/C16H23FN2O3/c1-2-21-16(20)19(10-12-3-5-13(17)6-4-12)11-15-8-7-14(9-18)22-15/h3-6,14-15H,2,7-11,18H2,1H3. The Hall–Kier alpha value is -1.66. The van der Waals surface area contributed by atoms with Crippen LogP contribution in [0, 0.1) is 5.82 Å². The first-order valence-corrected chi connectivity index (χ1v) is 7.64. The van der Waals surface area contributed by atoms with E-state index in [1.807, 2.05) is 0 Å². The summed E-state index contributed by atoms with van der Waals surface area (Å²) in [5.74, 6) is -0.295. The van der Waals surface area contributed by atoms with Gasteiger partial charge < -0.3 is 20.1 Å². The molecule has 2 atom stereocenters. The van der Waals surface area contributed by atoms with Crippen LogP contribution in [0.25, 0.3) is 0 Å². The summed E-state index contributed by atoms with van der Waals surface area (Å²) in [6.07, 6.45) is 1.44. The molecule has 0 bridgehead atoms. The van der Waals surface area contributed by atoms with Crippen molar-refractivity contribution in [3.63, 3.8) is 0 Å². The van der Waals surface area contributed by atoms with Gasteiger partial charge in [-0.05, 0) is 37.5 Å². The number of nitrogens with zero attached hydrogens (tertiary/aromatic N) is 1. The Morgan fingerprint density at radius 1 is 1.36 bits per heavy atom. The van der Waals surface area contributed by atoms with E-state index >= 15 is 0 Å². The van der Waals surface area contributed by atoms with E-state index in [4.69, 9.17) is 15.2 Å². The van der Waals surface area contributed by atoms with Crippen LogP contribution in [-0.4, -0.2) is 42.9 Å². The molecule has 1 aliphatic rings. The Labute approximate surface area is 130 Å². The first-order valence-electron chi connectivity index (χ1n) is 7.64. The molecule has 2 unspecified atom stereocenters. The van der Waals surface area contributed by atoms with Crippen LogP contribution < -0.4 is 5.73 Å². The minimum Gasteiger partial charge on any atom is -0.450 e. The second kappa shape index (κ2) is 8.10. The summed E-state index contributed by atoms with van der Waals surface area (Å²) in [4.78, 5) is 13.7. The van der Waals surface area contributed by atoms with Crippen molar-refractivity contribution in [1.29, 1.82) is 0 Å². The second-order valence-electron chi connectivity index (χ2n) is 5.40. The smallest absolute Gasteiger partial charge is 0.410 e. The number of ether oxygens (including phenoxy) is 2. The van der Waals surface area contributed by atoms with E-state index in [0.29, 0.717) is 26.2 Å². The third-order valence-electron chi connectivity index (χ3n) is 3.70. The summed E-state index contributed by atoms with van der Waals surface area (Å²) in [6, 6.07) is 6.10. The molecule has 0 aliphatic carbocycles. The molecule has 6 heteroatoms. The maximum Gasteiger partial charge on any atom is 0.410 e. The lowest BCUT2D eigenvalue weighted by Gasteiger charge is -2.25. The third-order valence-corrected chi connectivity index (χ3v) is 3.70. The number of benzene rings is 1. The topological polar surface area (TPSA) is 64.8 Å². The van der Waals surface area contributed by atoms with E-state index in [1.165, 1.54) is 12.1 Å². The SMILES string of the molecule is CCOC(=O)N(Cc1ccc(F)cc1)CC1CCC(CN)O1. The lowest BCUT2D eigenvalue weighted by atomic mass is 10.1. The van der Waals surface area contributed by atoms with Gasteiger partial charge in [-0.1, -0.05) is 12.1 Å². The van der Waals surface area contributed by atoms with Gasteiger partial charge in [-0.2, -0.15) is 0 Å². The zero-order chi connectivity index (χ0) is 15.9. The molecule has 1 saturated heterocycles. The summed E-state index contributed by atoms with van der Waals surface area (Å²) in [6.45, 7) is 3.40. The van der Waals surface area contributed by atoms with E-state index in [2.05, 4.69) is 0 Å². The number of rotatable bonds is 6. The molecule has 2 rings (SSSR count). The number of carbonyl (C=O) groups excluding carboxylic acids is 1. The number of carbonyl (C=O) groups is 1. The largest absolute Gasteiger partial charge is 0.450 e. The monoisotopic (exact) mass is 310 g/mol. The third kappa shape index (κ3) is 4.68. The zero-order valence-corrected chi connectivity index (χ0v) is 12.8. The van der Waals surface area contributed by atoms with Gasteiger partial charge in [0.1, 0.15) is 5.82 Å². The molecular formula is C16H23FN2O3. The van der Waals surface area contributed by atoms with Crippen LogP contribution >= 0.6 is 0 Å². The maximum absolute atomic E-state index is 13.0. The number of hydrogen-bond acceptors (Lipinski definition) is 4. The van der Waals surface area contributed by atoms with E-state index in [-0.39, 0.29) is 24.1 Å². The normalized spacial score (nSPS) is 20.9. The van der Waals surface area contributed by atoms with Gasteiger partial charge in [0, 0.05) is 13.1 Å². The Morgan fingerprint density at radius 2 is 2.05 bits per heavy atom. The molecule has 0 radical (unpaired) electrons. The molecule has 1 heterocycles. The van der Waals surface area contributed by atoms with Crippen LogP contribution in [0.15, 0.2) is 24.3 Å². The molecule has 0 aromatic heterocycles. The zero-order valence-electron chi connectivity index (χ0n) is 12.8. The van der Waals surface area contributed by atoms with Crippen LogP contribution in [0.2, 0.25) is 0 Å². The van der Waals surface area contributed by atoms with Crippen LogP contribution in [0.4, 0.5) is 9.18 Å². The molecule has 1 fully saturated rings. The van der Waals surface area contributed by atoms with Gasteiger partial charge in [-0.3, -0.25) is 0 Å². The van der Waals surface area contributed by atoms with Gasteiger partial charge in [0.2, 0.25) is 0 Å². The van der Waals surface area contributed by atoms with Crippen molar-refractivity contribution < 1.29 is 18.7 Å². The van der Waals surface area contributed by atoms with E-state index in [0.717, 1.165) is 18.4 Å². The van der Waals surface area contributed by atoms with Crippen molar-refractivity contribution >= 4 is 6.09 Å². The molecule has 122 valence electrons. The predicted molar refractivity (Wildman–Crippen MR) is 80.8 cm³/mol. The van der Waals surface area contributed by atoms with Gasteiger partial charge in [0.05, 0.1) is 25.4 Å². The number of halogens is 1. The van der Waals surface area contributed by atoms with Crippen molar-refractivity contribution in [2.24, 2.45) is 5.73 Å². The van der Waals surface area contributed by atoms with Crippen LogP contribution in [0.1, 0.15) is 25.3 Å². The number of amides is 1. The van der Waals surface area contributed by atoms with Crippen LogP contribution in [0.5, 0.6) is 0 Å². The lowest BCUT2D eigenvalue weighted by molar-refractivity contribution is 0.0218. The lowest BCUT2D eigenvalue weighted by Crippen LogP contribution is -2.38. The molecule has 1 aliphatic heterocycles. The first kappa shape index (κ1) is 16.7. The Bertz CT molecular complexity index is 481. The van der Waals surface area contributed by atoms with Crippen molar-refractivity contribution in [1.82, 2.24) is 4.90 Å². The minimum absolute atomic E-state index is 0.0293. The predicted octanol–water partition coefficient (Wildman–Crippen LogP) is 2.29. The van der Waals surface area contributed by atoms with Gasteiger partial charge >= 0.3 is 6.09 Å².